The van der Waals surface area contributed by atoms with Crippen molar-refractivity contribution in [3.05, 3.63) is 18.2 Å². The zero-order valence-electron chi connectivity index (χ0n) is 11.2. The summed E-state index contributed by atoms with van der Waals surface area (Å²) in [7, 11) is 0. The molecule has 1 aliphatic heterocycles. The lowest BCUT2D eigenvalue weighted by molar-refractivity contribution is -0.118. The minimum atomic E-state index is -0.229. The van der Waals surface area contributed by atoms with Crippen LogP contribution in [-0.2, 0) is 4.79 Å². The summed E-state index contributed by atoms with van der Waals surface area (Å²) in [5.41, 5.74) is 1.20. The Hall–Kier alpha value is -2.24. The summed E-state index contributed by atoms with van der Waals surface area (Å²) >= 11 is 0. The van der Waals surface area contributed by atoms with Gasteiger partial charge in [-0.25, -0.2) is 4.79 Å². The van der Waals surface area contributed by atoms with Crippen LogP contribution in [0, 0.1) is 5.92 Å². The van der Waals surface area contributed by atoms with E-state index in [9.17, 15) is 9.59 Å². The maximum atomic E-state index is 11.8. The molecular formula is C14H17N3O3. The lowest BCUT2D eigenvalue weighted by Gasteiger charge is -2.19. The van der Waals surface area contributed by atoms with Gasteiger partial charge in [0.05, 0.1) is 5.69 Å². The van der Waals surface area contributed by atoms with Crippen LogP contribution in [0.3, 0.4) is 0 Å². The van der Waals surface area contributed by atoms with Gasteiger partial charge in [0.25, 0.3) is 5.91 Å². The lowest BCUT2D eigenvalue weighted by Crippen LogP contribution is -2.37. The van der Waals surface area contributed by atoms with Crippen LogP contribution < -0.4 is 20.7 Å². The third kappa shape index (κ3) is 2.84. The van der Waals surface area contributed by atoms with Crippen LogP contribution in [0.4, 0.5) is 16.2 Å². The second-order valence-electron chi connectivity index (χ2n) is 5.27. The van der Waals surface area contributed by atoms with Crippen molar-refractivity contribution in [2.75, 3.05) is 17.2 Å². The fourth-order valence-corrected chi connectivity index (χ4v) is 2.25. The van der Waals surface area contributed by atoms with Gasteiger partial charge in [0.1, 0.15) is 5.75 Å². The number of hydrogen-bond donors (Lipinski definition) is 3. The number of carbonyl (C=O) groups excluding carboxylic acids is 2. The first-order chi connectivity index (χ1) is 9.61. The number of hydrogen-bond acceptors (Lipinski definition) is 3. The Bertz CT molecular complexity index is 555. The third-order valence-electron chi connectivity index (χ3n) is 3.56. The van der Waals surface area contributed by atoms with E-state index in [1.54, 1.807) is 18.2 Å². The van der Waals surface area contributed by atoms with E-state index < -0.39 is 0 Å². The monoisotopic (exact) mass is 275 g/mol. The van der Waals surface area contributed by atoms with Crippen molar-refractivity contribution in [2.24, 2.45) is 5.92 Å². The summed E-state index contributed by atoms with van der Waals surface area (Å²) in [5, 5.41) is 8.38. The Kier molecular flexibility index (Phi) is 3.22. The Labute approximate surface area is 116 Å². The van der Waals surface area contributed by atoms with Crippen molar-refractivity contribution in [3.63, 3.8) is 0 Å². The summed E-state index contributed by atoms with van der Waals surface area (Å²) in [4.78, 5) is 23.1. The Balaban J connectivity index is 1.63. The van der Waals surface area contributed by atoms with Crippen molar-refractivity contribution < 1.29 is 14.3 Å². The summed E-state index contributed by atoms with van der Waals surface area (Å²) < 4.78 is 5.26. The highest BCUT2D eigenvalue weighted by Crippen LogP contribution is 2.32. The molecule has 0 aromatic heterocycles. The van der Waals surface area contributed by atoms with Crippen molar-refractivity contribution in [2.45, 2.75) is 25.8 Å². The summed E-state index contributed by atoms with van der Waals surface area (Å²) in [6.45, 7) is 2.04. The molecule has 3 amide bonds. The Morgan fingerprint density at radius 1 is 1.45 bits per heavy atom. The van der Waals surface area contributed by atoms with Crippen LogP contribution >= 0.6 is 0 Å². The smallest absolute Gasteiger partial charge is 0.319 e. The van der Waals surface area contributed by atoms with Gasteiger partial charge in [-0.2, -0.15) is 0 Å². The van der Waals surface area contributed by atoms with Gasteiger partial charge in [0, 0.05) is 11.7 Å². The van der Waals surface area contributed by atoms with Crippen molar-refractivity contribution in [1.29, 1.82) is 0 Å². The van der Waals surface area contributed by atoms with Crippen LogP contribution in [0.15, 0.2) is 18.2 Å². The highest BCUT2D eigenvalue weighted by atomic mass is 16.5. The van der Waals surface area contributed by atoms with E-state index >= 15 is 0 Å². The van der Waals surface area contributed by atoms with Gasteiger partial charge in [0.15, 0.2) is 6.61 Å². The third-order valence-corrected chi connectivity index (χ3v) is 3.56. The number of ether oxygens (including phenoxy) is 1. The highest BCUT2D eigenvalue weighted by Gasteiger charge is 2.28. The zero-order chi connectivity index (χ0) is 14.1. The van der Waals surface area contributed by atoms with E-state index in [-0.39, 0.29) is 24.6 Å². The molecule has 1 atom stereocenters. The number of rotatable bonds is 3. The molecule has 3 rings (SSSR count). The van der Waals surface area contributed by atoms with Crippen LogP contribution in [0.25, 0.3) is 0 Å². The SMILES string of the molecule is C[C@H](NC(=O)Nc1ccc2c(c1)NC(=O)CO2)C1CC1. The van der Waals surface area contributed by atoms with Crippen LogP contribution in [-0.4, -0.2) is 24.6 Å². The van der Waals surface area contributed by atoms with E-state index in [0.29, 0.717) is 23.0 Å². The first-order valence-corrected chi connectivity index (χ1v) is 6.76. The summed E-state index contributed by atoms with van der Waals surface area (Å²) in [6.07, 6.45) is 2.37. The predicted octanol–water partition coefficient (Wildman–Crippen LogP) is 1.94. The van der Waals surface area contributed by atoms with Gasteiger partial charge in [-0.05, 0) is 43.9 Å². The second-order valence-corrected chi connectivity index (χ2v) is 5.27. The molecule has 1 fully saturated rings. The molecule has 3 N–H and O–H groups in total. The normalized spacial score (nSPS) is 18.4. The molecule has 1 aromatic carbocycles. The number of nitrogens with one attached hydrogen (secondary N) is 3. The maximum absolute atomic E-state index is 11.8. The number of urea groups is 1. The average Bonchev–Trinajstić information content (AvgIpc) is 3.22. The first kappa shape index (κ1) is 12.8. The second kappa shape index (κ2) is 5.03. The fraction of sp³-hybridized carbons (Fsp3) is 0.429. The zero-order valence-corrected chi connectivity index (χ0v) is 11.2. The van der Waals surface area contributed by atoms with Crippen LogP contribution in [0.2, 0.25) is 0 Å². The Morgan fingerprint density at radius 2 is 2.25 bits per heavy atom. The molecule has 6 heteroatoms. The standard InChI is InChI=1S/C14H17N3O3/c1-8(9-2-3-9)15-14(19)16-10-4-5-12-11(6-10)17-13(18)7-20-12/h4-6,8-9H,2-3,7H2,1H3,(H,17,18)(H2,15,16,19)/t8-/m0/s1. The van der Waals surface area contributed by atoms with Gasteiger partial charge < -0.3 is 20.7 Å². The van der Waals surface area contributed by atoms with Gasteiger partial charge in [-0.15, -0.1) is 0 Å². The van der Waals surface area contributed by atoms with Gasteiger partial charge in [-0.1, -0.05) is 0 Å². The van der Waals surface area contributed by atoms with E-state index in [1.807, 2.05) is 6.92 Å². The Morgan fingerprint density at radius 3 is 3.00 bits per heavy atom. The molecule has 0 radical (unpaired) electrons. The molecule has 1 aromatic rings. The summed E-state index contributed by atoms with van der Waals surface area (Å²) in [6, 6.07) is 5.13. The van der Waals surface area contributed by atoms with Crippen molar-refractivity contribution in [3.8, 4) is 5.75 Å². The molecule has 20 heavy (non-hydrogen) atoms. The molecule has 0 bridgehead atoms. The van der Waals surface area contributed by atoms with E-state index in [2.05, 4.69) is 16.0 Å². The van der Waals surface area contributed by atoms with Crippen LogP contribution in [0.5, 0.6) is 5.75 Å². The number of fused-ring (bicyclic) bond motifs is 1. The van der Waals surface area contributed by atoms with Crippen LogP contribution in [0.1, 0.15) is 19.8 Å². The van der Waals surface area contributed by atoms with E-state index in [4.69, 9.17) is 4.74 Å². The fourth-order valence-electron chi connectivity index (χ4n) is 2.25. The molecule has 0 unspecified atom stereocenters. The quantitative estimate of drug-likeness (QED) is 0.788. The lowest BCUT2D eigenvalue weighted by atomic mass is 10.2. The van der Waals surface area contributed by atoms with E-state index in [1.165, 1.54) is 12.8 Å². The van der Waals surface area contributed by atoms with Crippen molar-refractivity contribution in [1.82, 2.24) is 5.32 Å². The largest absolute Gasteiger partial charge is 0.482 e. The molecule has 106 valence electrons. The number of carbonyl (C=O) groups is 2. The predicted molar refractivity (Wildman–Crippen MR) is 74.9 cm³/mol. The molecule has 1 heterocycles. The summed E-state index contributed by atoms with van der Waals surface area (Å²) in [5.74, 6) is 1.03. The average molecular weight is 275 g/mol. The molecule has 0 spiro atoms. The topological polar surface area (TPSA) is 79.5 Å². The van der Waals surface area contributed by atoms with Gasteiger partial charge in [0.2, 0.25) is 0 Å². The molecular weight excluding hydrogens is 258 g/mol. The molecule has 1 saturated carbocycles. The first-order valence-electron chi connectivity index (χ1n) is 6.76. The highest BCUT2D eigenvalue weighted by molar-refractivity contribution is 5.97. The van der Waals surface area contributed by atoms with E-state index in [0.717, 1.165) is 0 Å². The number of anilines is 2. The molecule has 1 aliphatic carbocycles. The minimum Gasteiger partial charge on any atom is -0.482 e. The maximum Gasteiger partial charge on any atom is 0.319 e. The number of amides is 3. The molecule has 0 saturated heterocycles. The number of benzene rings is 1. The van der Waals surface area contributed by atoms with Gasteiger partial charge >= 0.3 is 6.03 Å². The molecule has 6 nitrogen and oxygen atoms in total. The van der Waals surface area contributed by atoms with Crippen molar-refractivity contribution >= 4 is 23.3 Å². The molecule has 2 aliphatic rings. The van der Waals surface area contributed by atoms with Gasteiger partial charge in [-0.3, -0.25) is 4.79 Å². The minimum absolute atomic E-state index is 0.0269.